The summed E-state index contributed by atoms with van der Waals surface area (Å²) in [5, 5.41) is 0.516. The number of halogens is 2. The maximum Gasteiger partial charge on any atom is 0.293 e. The average molecular weight is 507 g/mol. The molecule has 4 rings (SSSR count). The van der Waals surface area contributed by atoms with Crippen LogP contribution >= 0.6 is 35.0 Å². The van der Waals surface area contributed by atoms with Crippen molar-refractivity contribution in [1.29, 1.82) is 0 Å². The van der Waals surface area contributed by atoms with E-state index in [1.54, 1.807) is 53.4 Å². The lowest BCUT2D eigenvalue weighted by atomic mass is 10.2. The van der Waals surface area contributed by atoms with Crippen LogP contribution in [0.3, 0.4) is 0 Å². The number of hydrogen-bond acceptors (Lipinski definition) is 6. The summed E-state index contributed by atoms with van der Waals surface area (Å²) in [6, 6.07) is 11.9. The van der Waals surface area contributed by atoms with Crippen molar-refractivity contribution in [3.63, 3.8) is 0 Å². The Bertz CT molecular complexity index is 1100. The number of rotatable bonds is 6. The highest BCUT2D eigenvalue weighted by atomic mass is 35.5. The van der Waals surface area contributed by atoms with E-state index in [0.717, 1.165) is 22.2 Å². The lowest BCUT2D eigenvalue weighted by molar-refractivity contribution is -0.137. The molecule has 2 aromatic rings. The monoisotopic (exact) mass is 506 g/mol. The number of ether oxygens (including phenoxy) is 2. The van der Waals surface area contributed by atoms with Crippen molar-refractivity contribution < 1.29 is 23.9 Å². The minimum absolute atomic E-state index is 0.0501. The number of thioether (sulfide) groups is 1. The van der Waals surface area contributed by atoms with Crippen LogP contribution in [0.25, 0.3) is 6.08 Å². The van der Waals surface area contributed by atoms with E-state index < -0.39 is 0 Å². The van der Waals surface area contributed by atoms with Crippen LogP contribution in [0.1, 0.15) is 11.1 Å². The molecule has 0 atom stereocenters. The van der Waals surface area contributed by atoms with Crippen LogP contribution in [0.15, 0.2) is 47.4 Å². The summed E-state index contributed by atoms with van der Waals surface area (Å²) in [4.78, 5) is 40.5. The molecule has 2 saturated heterocycles. The smallest absolute Gasteiger partial charge is 0.293 e. The minimum Gasteiger partial charge on any atom is -0.484 e. The molecule has 33 heavy (non-hydrogen) atoms. The molecule has 3 amide bonds. The molecule has 0 saturated carbocycles. The number of amides is 3. The van der Waals surface area contributed by atoms with Gasteiger partial charge < -0.3 is 14.4 Å². The Balaban J connectivity index is 1.36. The lowest BCUT2D eigenvalue weighted by Crippen LogP contribution is -2.42. The first-order valence-corrected chi connectivity index (χ1v) is 11.8. The fourth-order valence-electron chi connectivity index (χ4n) is 3.32. The summed E-state index contributed by atoms with van der Waals surface area (Å²) in [6.45, 7) is 2.24. The van der Waals surface area contributed by atoms with E-state index in [4.69, 9.17) is 32.7 Å². The summed E-state index contributed by atoms with van der Waals surface area (Å²) in [6.07, 6.45) is 1.65. The first-order valence-electron chi connectivity index (χ1n) is 10.2. The normalized spacial score (nSPS) is 17.7. The topological polar surface area (TPSA) is 76.2 Å². The van der Waals surface area contributed by atoms with Crippen molar-refractivity contribution in [3.05, 3.63) is 68.5 Å². The highest BCUT2D eigenvalue weighted by molar-refractivity contribution is 8.18. The Morgan fingerprint density at radius 2 is 1.82 bits per heavy atom. The SMILES string of the molecule is O=C(COc1ccc(/C=C2/SC(=O)N(Cc3ccc(Cl)cc3Cl)C2=O)cc1)N1CCOCC1. The van der Waals surface area contributed by atoms with Gasteiger partial charge in [-0.15, -0.1) is 0 Å². The molecule has 2 heterocycles. The van der Waals surface area contributed by atoms with Crippen LogP contribution in [-0.2, 0) is 20.9 Å². The third-order valence-corrected chi connectivity index (χ3v) is 6.62. The van der Waals surface area contributed by atoms with Gasteiger partial charge in [0.2, 0.25) is 0 Å². The third kappa shape index (κ3) is 5.89. The largest absolute Gasteiger partial charge is 0.484 e. The van der Waals surface area contributed by atoms with Gasteiger partial charge in [-0.1, -0.05) is 41.4 Å². The molecule has 7 nitrogen and oxygen atoms in total. The Morgan fingerprint density at radius 3 is 2.52 bits per heavy atom. The van der Waals surface area contributed by atoms with E-state index in [-0.39, 0.29) is 30.2 Å². The second kappa shape index (κ2) is 10.6. The molecular weight excluding hydrogens is 487 g/mol. The van der Waals surface area contributed by atoms with Gasteiger partial charge in [-0.2, -0.15) is 0 Å². The molecule has 2 aliphatic heterocycles. The molecule has 2 aromatic carbocycles. The Kier molecular flexibility index (Phi) is 7.60. The summed E-state index contributed by atoms with van der Waals surface area (Å²) >= 11 is 13.0. The molecule has 0 spiro atoms. The van der Waals surface area contributed by atoms with Crippen molar-refractivity contribution in [2.45, 2.75) is 6.54 Å². The van der Waals surface area contributed by atoms with Gasteiger partial charge in [0, 0.05) is 23.1 Å². The zero-order chi connectivity index (χ0) is 23.4. The average Bonchev–Trinajstić information content (AvgIpc) is 3.08. The van der Waals surface area contributed by atoms with E-state index in [1.165, 1.54) is 0 Å². The maximum absolute atomic E-state index is 12.8. The molecule has 2 fully saturated rings. The van der Waals surface area contributed by atoms with Crippen molar-refractivity contribution >= 4 is 58.1 Å². The third-order valence-electron chi connectivity index (χ3n) is 5.12. The van der Waals surface area contributed by atoms with Crippen LogP contribution in [0.4, 0.5) is 4.79 Å². The highest BCUT2D eigenvalue weighted by Crippen LogP contribution is 2.34. The number of morpholine rings is 1. The fraction of sp³-hybridized carbons (Fsp3) is 0.261. The molecule has 0 unspecified atom stereocenters. The molecular formula is C23H20Cl2N2O5S. The van der Waals surface area contributed by atoms with Crippen molar-refractivity contribution in [2.75, 3.05) is 32.9 Å². The van der Waals surface area contributed by atoms with Gasteiger partial charge in [-0.05, 0) is 53.2 Å². The van der Waals surface area contributed by atoms with Crippen LogP contribution in [0.2, 0.25) is 10.0 Å². The minimum atomic E-state index is -0.382. The van der Waals surface area contributed by atoms with Gasteiger partial charge in [-0.25, -0.2) is 0 Å². The van der Waals surface area contributed by atoms with E-state index in [9.17, 15) is 14.4 Å². The number of hydrogen-bond donors (Lipinski definition) is 0. The molecule has 10 heteroatoms. The predicted molar refractivity (Wildman–Crippen MR) is 127 cm³/mol. The van der Waals surface area contributed by atoms with E-state index >= 15 is 0 Å². The molecule has 0 radical (unpaired) electrons. The number of nitrogens with zero attached hydrogens (tertiary/aromatic N) is 2. The molecule has 172 valence electrons. The quantitative estimate of drug-likeness (QED) is 0.538. The summed E-state index contributed by atoms with van der Waals surface area (Å²) < 4.78 is 10.8. The lowest BCUT2D eigenvalue weighted by Gasteiger charge is -2.26. The number of carbonyl (C=O) groups excluding carboxylic acids is 3. The summed E-state index contributed by atoms with van der Waals surface area (Å²) in [7, 11) is 0. The van der Waals surface area contributed by atoms with Gasteiger partial charge in [0.1, 0.15) is 5.75 Å². The Hall–Kier alpha value is -2.52. The second-order valence-corrected chi connectivity index (χ2v) is 9.19. The predicted octanol–water partition coefficient (Wildman–Crippen LogP) is 4.47. The summed E-state index contributed by atoms with van der Waals surface area (Å²) in [5.41, 5.74) is 1.37. The van der Waals surface area contributed by atoms with Crippen LogP contribution in [0, 0.1) is 0 Å². The molecule has 0 aliphatic carbocycles. The van der Waals surface area contributed by atoms with Gasteiger partial charge in [0.05, 0.1) is 24.7 Å². The number of benzene rings is 2. The maximum atomic E-state index is 12.8. The van der Waals surface area contributed by atoms with Crippen LogP contribution < -0.4 is 4.74 Å². The molecule has 0 N–H and O–H groups in total. The number of carbonyl (C=O) groups is 3. The zero-order valence-electron chi connectivity index (χ0n) is 17.5. The van der Waals surface area contributed by atoms with Crippen LogP contribution in [-0.4, -0.2) is 59.8 Å². The fourth-order valence-corrected chi connectivity index (χ4v) is 4.62. The summed E-state index contributed by atoms with van der Waals surface area (Å²) in [5.74, 6) is 0.0727. The Labute approximate surface area is 205 Å². The van der Waals surface area contributed by atoms with Gasteiger partial charge in [0.15, 0.2) is 6.61 Å². The number of imide groups is 1. The van der Waals surface area contributed by atoms with Crippen LogP contribution in [0.5, 0.6) is 5.75 Å². The van der Waals surface area contributed by atoms with E-state index in [0.29, 0.717) is 52.6 Å². The van der Waals surface area contributed by atoms with Crippen molar-refractivity contribution in [3.8, 4) is 5.75 Å². The van der Waals surface area contributed by atoms with Crippen molar-refractivity contribution in [1.82, 2.24) is 9.80 Å². The highest BCUT2D eigenvalue weighted by Gasteiger charge is 2.35. The zero-order valence-corrected chi connectivity index (χ0v) is 19.8. The Morgan fingerprint density at radius 1 is 1.09 bits per heavy atom. The van der Waals surface area contributed by atoms with E-state index in [2.05, 4.69) is 0 Å². The molecule has 0 aromatic heterocycles. The van der Waals surface area contributed by atoms with Gasteiger partial charge >= 0.3 is 0 Å². The standard InChI is InChI=1S/C23H20Cl2N2O5S/c24-17-4-3-16(19(25)12-17)13-27-22(29)20(33-23(27)30)11-15-1-5-18(6-2-15)32-14-21(28)26-7-9-31-10-8-26/h1-6,11-12H,7-10,13-14H2/b20-11+. The first kappa shape index (κ1) is 23.6. The first-order chi connectivity index (χ1) is 15.9. The molecule has 0 bridgehead atoms. The molecule has 2 aliphatic rings. The van der Waals surface area contributed by atoms with Gasteiger partial charge in [-0.3, -0.25) is 19.3 Å². The van der Waals surface area contributed by atoms with E-state index in [1.807, 2.05) is 0 Å². The van der Waals surface area contributed by atoms with Gasteiger partial charge in [0.25, 0.3) is 17.1 Å². The van der Waals surface area contributed by atoms with Crippen molar-refractivity contribution in [2.24, 2.45) is 0 Å². The second-order valence-electron chi connectivity index (χ2n) is 7.35.